The minimum absolute atomic E-state index is 0.271. The van der Waals surface area contributed by atoms with Gasteiger partial charge in [0.05, 0.1) is 19.2 Å². The first-order chi connectivity index (χ1) is 30.8. The normalized spacial score (nSPS) is 10.3. The molecule has 0 fully saturated rings. The fraction of sp³-hybridized carbons (Fsp3) is 0. The molecule has 0 radical (unpaired) electrons. The van der Waals surface area contributed by atoms with Gasteiger partial charge in [0.1, 0.15) is 6.15 Å². The fourth-order valence-corrected chi connectivity index (χ4v) is 9.15. The zero-order chi connectivity index (χ0) is 42.3. The molecule has 0 aliphatic rings. The molecule has 0 bridgehead atoms. The maximum absolute atomic E-state index is 2.26. The van der Waals surface area contributed by atoms with Crippen molar-refractivity contribution in [2.24, 2.45) is 0 Å². The van der Waals surface area contributed by atoms with Crippen molar-refractivity contribution in [3.63, 3.8) is 0 Å². The molecule has 10 aromatic carbocycles. The van der Waals surface area contributed by atoms with E-state index in [1.54, 1.807) is 0 Å². The summed E-state index contributed by atoms with van der Waals surface area (Å²) in [5.41, 5.74) is 10.5. The minimum Gasteiger partial charge on any atom is -0.195 e. The van der Waals surface area contributed by atoms with Gasteiger partial charge in [-0.05, 0) is 46.5 Å². The standard InChI is InChI=1S/C24H20B.C12H11P.2C12H10/c1-5-13-21(14-6-1)25(22-15-7-2-8-16-22,23-17-9-3-10-18-23)24-19-11-4-12-20-24;1-3-7-11(8-4-1)13-12-9-5-2-6-10-12;2*1-3-7-11(8-4-1)12-9-5-2-6-10-12/h1-20H;1-10,13H;2*1-10H/q-1;;;/p+1. The monoisotopic (exact) mass is 814 g/mol. The average Bonchev–Trinajstić information content (AvgIpc) is 3.38. The van der Waals surface area contributed by atoms with Crippen LogP contribution < -0.4 is 32.5 Å². The Hall–Kier alpha value is -7.31. The molecule has 300 valence electrons. The van der Waals surface area contributed by atoms with Gasteiger partial charge in [-0.2, -0.15) is 21.9 Å². The molecule has 2 heteroatoms. The Balaban J connectivity index is 0.000000133. The zero-order valence-corrected chi connectivity index (χ0v) is 36.2. The maximum atomic E-state index is 2.26. The van der Waals surface area contributed by atoms with Gasteiger partial charge in [0.15, 0.2) is 0 Å². The molecule has 0 nitrogen and oxygen atoms in total. The lowest BCUT2D eigenvalue weighted by Crippen LogP contribution is -2.74. The summed E-state index contributed by atoms with van der Waals surface area (Å²) in [7, 11) is 0.271. The van der Waals surface area contributed by atoms with Crippen LogP contribution in [0.15, 0.2) is 303 Å². The van der Waals surface area contributed by atoms with E-state index in [-0.39, 0.29) is 8.58 Å². The second-order valence-corrected chi connectivity index (χ2v) is 16.6. The molecule has 0 aliphatic heterocycles. The van der Waals surface area contributed by atoms with Crippen LogP contribution in [0.5, 0.6) is 0 Å². The molecule has 0 saturated carbocycles. The molecular weight excluding hydrogens is 762 g/mol. The molecule has 0 amide bonds. The summed E-state index contributed by atoms with van der Waals surface area (Å²) in [6.45, 7) is 0. The summed E-state index contributed by atoms with van der Waals surface area (Å²) in [4.78, 5) is 0. The number of rotatable bonds is 8. The highest BCUT2D eigenvalue weighted by molar-refractivity contribution is 7.55. The Morgan fingerprint density at radius 2 is 0.339 bits per heavy atom. The molecule has 10 aromatic rings. The van der Waals surface area contributed by atoms with Gasteiger partial charge in [0.25, 0.3) is 0 Å². The third-order valence-corrected chi connectivity index (χ3v) is 12.3. The van der Waals surface area contributed by atoms with Gasteiger partial charge in [-0.1, -0.05) is 279 Å². The van der Waals surface area contributed by atoms with E-state index >= 15 is 0 Å². The van der Waals surface area contributed by atoms with E-state index in [2.05, 4.69) is 279 Å². The van der Waals surface area contributed by atoms with E-state index in [9.17, 15) is 0 Å². The highest BCUT2D eigenvalue weighted by Crippen LogP contribution is 2.18. The Kier molecular flexibility index (Phi) is 16.2. The molecule has 62 heavy (non-hydrogen) atoms. The van der Waals surface area contributed by atoms with Crippen molar-refractivity contribution < 1.29 is 0 Å². The van der Waals surface area contributed by atoms with E-state index in [1.165, 1.54) is 54.7 Å². The van der Waals surface area contributed by atoms with Gasteiger partial charge in [-0.15, -0.1) is 0 Å². The lowest BCUT2D eigenvalue weighted by Gasteiger charge is -2.44. The second kappa shape index (κ2) is 23.5. The summed E-state index contributed by atoms with van der Waals surface area (Å²) in [5.74, 6) is 0. The Morgan fingerprint density at radius 3 is 0.532 bits per heavy atom. The SMILES string of the molecule is c1ccc(-c2ccccc2)cc1.c1ccc(-c2ccccc2)cc1.c1ccc([B-](c2ccccc2)(c2ccccc2)c2ccccc2)cc1.c1ccc([PH2+]c2ccccc2)cc1. The Bertz CT molecular complexity index is 2330. The maximum Gasteiger partial charge on any atom is 0.108 e. The van der Waals surface area contributed by atoms with Crippen LogP contribution in [0, 0.1) is 0 Å². The second-order valence-electron chi connectivity index (χ2n) is 14.9. The van der Waals surface area contributed by atoms with Crippen molar-refractivity contribution >= 4 is 47.2 Å². The van der Waals surface area contributed by atoms with Gasteiger partial charge in [0.2, 0.25) is 0 Å². The first-order valence-corrected chi connectivity index (χ1v) is 22.5. The minimum atomic E-state index is -1.22. The largest absolute Gasteiger partial charge is 0.195 e. The molecule has 0 N–H and O–H groups in total. The number of hydrogen-bond donors (Lipinski definition) is 0. The molecule has 10 rings (SSSR count). The lowest BCUT2D eigenvalue weighted by molar-refractivity contribution is 1.62. The fourth-order valence-electron chi connectivity index (χ4n) is 7.93. The van der Waals surface area contributed by atoms with Gasteiger partial charge >= 0.3 is 0 Å². The van der Waals surface area contributed by atoms with Crippen molar-refractivity contribution in [2.45, 2.75) is 0 Å². The topological polar surface area (TPSA) is 0 Å². The third-order valence-electron chi connectivity index (χ3n) is 10.9. The van der Waals surface area contributed by atoms with E-state index < -0.39 is 6.15 Å². The van der Waals surface area contributed by atoms with Crippen LogP contribution in [0.2, 0.25) is 0 Å². The predicted octanol–water partition coefficient (Wildman–Crippen LogP) is 11.8. The molecule has 0 atom stereocenters. The van der Waals surface area contributed by atoms with Crippen LogP contribution in [0.3, 0.4) is 0 Å². The van der Waals surface area contributed by atoms with E-state index in [0.29, 0.717) is 0 Å². The highest BCUT2D eigenvalue weighted by Gasteiger charge is 2.31. The number of hydrogen-bond acceptors (Lipinski definition) is 0. The van der Waals surface area contributed by atoms with E-state index in [1.807, 2.05) is 24.3 Å². The van der Waals surface area contributed by atoms with Crippen molar-refractivity contribution in [2.75, 3.05) is 0 Å². The van der Waals surface area contributed by atoms with Crippen LogP contribution in [-0.2, 0) is 0 Å². The first kappa shape index (κ1) is 42.8. The number of benzene rings is 10. The quantitative estimate of drug-likeness (QED) is 0.106. The molecule has 0 saturated heterocycles. The van der Waals surface area contributed by atoms with Gasteiger partial charge in [-0.25, -0.2) is 0 Å². The molecule has 0 heterocycles. The van der Waals surface area contributed by atoms with Gasteiger partial charge < -0.3 is 0 Å². The van der Waals surface area contributed by atoms with Gasteiger partial charge in [0, 0.05) is 0 Å². The van der Waals surface area contributed by atoms with Crippen LogP contribution >= 0.6 is 8.58 Å². The Morgan fingerprint density at radius 1 is 0.177 bits per heavy atom. The van der Waals surface area contributed by atoms with Crippen LogP contribution in [0.1, 0.15) is 0 Å². The first-order valence-electron chi connectivity index (χ1n) is 21.3. The summed E-state index contributed by atoms with van der Waals surface area (Å²) >= 11 is 0. The molecule has 0 spiro atoms. The Labute approximate surface area is 371 Å². The van der Waals surface area contributed by atoms with Crippen LogP contribution in [0.25, 0.3) is 22.3 Å². The predicted molar refractivity (Wildman–Crippen MR) is 276 cm³/mol. The third kappa shape index (κ3) is 11.9. The summed E-state index contributed by atoms with van der Waals surface area (Å²) in [5, 5.41) is 2.90. The highest BCUT2D eigenvalue weighted by atomic mass is 31.1. The van der Waals surface area contributed by atoms with Crippen molar-refractivity contribution in [1.82, 2.24) is 0 Å². The van der Waals surface area contributed by atoms with Crippen LogP contribution in [-0.4, -0.2) is 6.15 Å². The molecule has 0 aliphatic carbocycles. The average molecular weight is 815 g/mol. The van der Waals surface area contributed by atoms with Gasteiger partial charge in [-0.3, -0.25) is 0 Å². The lowest BCUT2D eigenvalue weighted by atomic mass is 9.13. The summed E-state index contributed by atoms with van der Waals surface area (Å²) in [6.07, 6.45) is -1.22. The zero-order valence-electron chi connectivity index (χ0n) is 35.0. The summed E-state index contributed by atoms with van der Waals surface area (Å²) < 4.78 is 0. The summed E-state index contributed by atoms with van der Waals surface area (Å²) in [6, 6.07) is 106. The van der Waals surface area contributed by atoms with E-state index in [4.69, 9.17) is 0 Å². The molecule has 0 aromatic heterocycles. The molecular formula is C60H52BP. The van der Waals surface area contributed by atoms with E-state index in [0.717, 1.165) is 0 Å². The van der Waals surface area contributed by atoms with Crippen molar-refractivity contribution in [3.05, 3.63) is 303 Å². The van der Waals surface area contributed by atoms with Crippen molar-refractivity contribution in [3.8, 4) is 22.3 Å². The smallest absolute Gasteiger partial charge is 0.108 e. The molecule has 0 unspecified atom stereocenters. The van der Waals surface area contributed by atoms with Crippen molar-refractivity contribution in [1.29, 1.82) is 0 Å². The van der Waals surface area contributed by atoms with Crippen LogP contribution in [0.4, 0.5) is 0 Å².